The van der Waals surface area contributed by atoms with Gasteiger partial charge in [-0.1, -0.05) is 24.3 Å². The second-order valence-corrected chi connectivity index (χ2v) is 5.18. The number of rotatable bonds is 8. The normalized spacial score (nSPS) is 11.0. The van der Waals surface area contributed by atoms with E-state index in [0.717, 1.165) is 32.2 Å². The fraction of sp³-hybridized carbons (Fsp3) is 0.389. The topological polar surface area (TPSA) is 50.6 Å². The van der Waals surface area contributed by atoms with Crippen molar-refractivity contribution in [3.63, 3.8) is 0 Å². The van der Waals surface area contributed by atoms with Gasteiger partial charge in [0.2, 0.25) is 0 Å². The highest BCUT2D eigenvalue weighted by Crippen LogP contribution is 2.09. The van der Waals surface area contributed by atoms with Gasteiger partial charge in [-0.15, -0.1) is 24.0 Å². The van der Waals surface area contributed by atoms with E-state index >= 15 is 0 Å². The van der Waals surface area contributed by atoms with Crippen LogP contribution in [0.5, 0.6) is 0 Å². The highest BCUT2D eigenvalue weighted by Gasteiger charge is 2.03. The van der Waals surface area contributed by atoms with Crippen molar-refractivity contribution in [2.45, 2.75) is 26.6 Å². The van der Waals surface area contributed by atoms with Gasteiger partial charge in [0.1, 0.15) is 0 Å². The van der Waals surface area contributed by atoms with Gasteiger partial charge in [-0.3, -0.25) is 4.99 Å². The van der Waals surface area contributed by atoms with E-state index in [4.69, 9.17) is 4.74 Å². The van der Waals surface area contributed by atoms with Crippen LogP contribution in [0.25, 0.3) is 0 Å². The predicted molar refractivity (Wildman–Crippen MR) is 110 cm³/mol. The summed E-state index contributed by atoms with van der Waals surface area (Å²) < 4.78 is 7.66. The average molecular weight is 442 g/mol. The first kappa shape index (κ1) is 20.5. The molecule has 5 nitrogen and oxygen atoms in total. The lowest BCUT2D eigenvalue weighted by molar-refractivity contribution is 0.133. The quantitative estimate of drug-likeness (QED) is 0.376. The molecule has 2 rings (SSSR count). The molecule has 0 bridgehead atoms. The summed E-state index contributed by atoms with van der Waals surface area (Å²) in [5, 5.41) is 6.68. The molecule has 0 amide bonds. The Balaban J connectivity index is 0.00000288. The predicted octanol–water partition coefficient (Wildman–Crippen LogP) is 3.01. The number of nitrogens with one attached hydrogen (secondary N) is 2. The summed E-state index contributed by atoms with van der Waals surface area (Å²) in [5.74, 6) is 0.809. The third-order valence-electron chi connectivity index (χ3n) is 3.58. The molecule has 1 heterocycles. The highest BCUT2D eigenvalue weighted by atomic mass is 127. The number of aliphatic imine (C=N–C) groups is 1. The van der Waals surface area contributed by atoms with Crippen LogP contribution in [0.4, 0.5) is 0 Å². The molecule has 6 heteroatoms. The molecule has 0 spiro atoms. The van der Waals surface area contributed by atoms with Crippen LogP contribution in [0.2, 0.25) is 0 Å². The summed E-state index contributed by atoms with van der Waals surface area (Å²) in [6.45, 7) is 5.85. The Morgan fingerprint density at radius 3 is 2.46 bits per heavy atom. The molecule has 0 saturated carbocycles. The zero-order valence-corrected chi connectivity index (χ0v) is 16.7. The van der Waals surface area contributed by atoms with E-state index < -0.39 is 0 Å². The summed E-state index contributed by atoms with van der Waals surface area (Å²) in [7, 11) is 1.79. The van der Waals surface area contributed by atoms with E-state index in [-0.39, 0.29) is 24.0 Å². The first-order chi connectivity index (χ1) is 11.3. The zero-order chi connectivity index (χ0) is 16.3. The maximum atomic E-state index is 5.52. The molecule has 0 aliphatic rings. The van der Waals surface area contributed by atoms with Gasteiger partial charge in [0.15, 0.2) is 5.96 Å². The molecule has 0 aliphatic carbocycles. The van der Waals surface area contributed by atoms with Crippen molar-refractivity contribution >= 4 is 29.9 Å². The first-order valence-electron chi connectivity index (χ1n) is 8.03. The van der Waals surface area contributed by atoms with Crippen molar-refractivity contribution < 1.29 is 4.74 Å². The Labute approximate surface area is 161 Å². The number of nitrogens with zero attached hydrogens (tertiary/aromatic N) is 2. The molecule has 0 radical (unpaired) electrons. The molecule has 0 aliphatic heterocycles. The van der Waals surface area contributed by atoms with E-state index in [1.54, 1.807) is 7.05 Å². The molecule has 2 aromatic rings. The van der Waals surface area contributed by atoms with Crippen LogP contribution in [0, 0.1) is 0 Å². The fourth-order valence-corrected chi connectivity index (χ4v) is 2.30. The third kappa shape index (κ3) is 6.92. The Bertz CT molecular complexity index is 599. The van der Waals surface area contributed by atoms with Gasteiger partial charge in [-0.05, 0) is 30.2 Å². The van der Waals surface area contributed by atoms with Crippen LogP contribution in [-0.2, 0) is 24.4 Å². The second-order valence-electron chi connectivity index (χ2n) is 5.18. The number of benzene rings is 1. The minimum Gasteiger partial charge on any atom is -0.377 e. The van der Waals surface area contributed by atoms with Gasteiger partial charge in [-0.2, -0.15) is 0 Å². The van der Waals surface area contributed by atoms with Gasteiger partial charge >= 0.3 is 0 Å². The molecular weight excluding hydrogens is 415 g/mol. The number of hydrogen-bond donors (Lipinski definition) is 2. The van der Waals surface area contributed by atoms with E-state index in [1.165, 1.54) is 11.1 Å². The van der Waals surface area contributed by atoms with Crippen LogP contribution < -0.4 is 10.6 Å². The SMILES string of the molecule is CCOCc1ccccc1CNC(=NC)NCCn1cccc1.I. The Hall–Kier alpha value is -1.54. The summed E-state index contributed by atoms with van der Waals surface area (Å²) in [5.41, 5.74) is 2.44. The maximum absolute atomic E-state index is 5.52. The van der Waals surface area contributed by atoms with E-state index in [9.17, 15) is 0 Å². The molecule has 0 unspecified atom stereocenters. The summed E-state index contributed by atoms with van der Waals surface area (Å²) >= 11 is 0. The van der Waals surface area contributed by atoms with Gasteiger partial charge in [-0.25, -0.2) is 0 Å². The Morgan fingerprint density at radius 2 is 1.79 bits per heavy atom. The van der Waals surface area contributed by atoms with Crippen molar-refractivity contribution in [1.29, 1.82) is 0 Å². The van der Waals surface area contributed by atoms with Gasteiger partial charge in [0, 0.05) is 45.7 Å². The summed E-state index contributed by atoms with van der Waals surface area (Å²) in [4.78, 5) is 4.27. The molecule has 132 valence electrons. The molecular formula is C18H27IN4O. The lowest BCUT2D eigenvalue weighted by Crippen LogP contribution is -2.38. The van der Waals surface area contributed by atoms with E-state index in [1.807, 2.05) is 25.1 Å². The van der Waals surface area contributed by atoms with E-state index in [0.29, 0.717) is 6.61 Å². The molecule has 2 N–H and O–H groups in total. The Morgan fingerprint density at radius 1 is 1.08 bits per heavy atom. The van der Waals surface area contributed by atoms with Crippen molar-refractivity contribution in [1.82, 2.24) is 15.2 Å². The van der Waals surface area contributed by atoms with Gasteiger partial charge in [0.05, 0.1) is 6.61 Å². The number of ether oxygens (including phenoxy) is 1. The van der Waals surface area contributed by atoms with Crippen LogP contribution >= 0.6 is 24.0 Å². The van der Waals surface area contributed by atoms with E-state index in [2.05, 4.69) is 50.8 Å². The molecule has 0 saturated heterocycles. The molecule has 24 heavy (non-hydrogen) atoms. The molecule has 1 aromatic carbocycles. The van der Waals surface area contributed by atoms with Crippen molar-refractivity contribution in [3.05, 3.63) is 59.9 Å². The van der Waals surface area contributed by atoms with Crippen molar-refractivity contribution in [3.8, 4) is 0 Å². The van der Waals surface area contributed by atoms with Crippen LogP contribution in [0.3, 0.4) is 0 Å². The maximum Gasteiger partial charge on any atom is 0.191 e. The minimum absolute atomic E-state index is 0. The zero-order valence-electron chi connectivity index (χ0n) is 14.4. The highest BCUT2D eigenvalue weighted by molar-refractivity contribution is 14.0. The largest absolute Gasteiger partial charge is 0.377 e. The van der Waals surface area contributed by atoms with Crippen LogP contribution in [-0.4, -0.2) is 30.7 Å². The molecule has 0 atom stereocenters. The summed E-state index contributed by atoms with van der Waals surface area (Å²) in [6, 6.07) is 12.4. The fourth-order valence-electron chi connectivity index (χ4n) is 2.30. The third-order valence-corrected chi connectivity index (χ3v) is 3.58. The average Bonchev–Trinajstić information content (AvgIpc) is 3.10. The lowest BCUT2D eigenvalue weighted by Gasteiger charge is -2.14. The first-order valence-corrected chi connectivity index (χ1v) is 8.03. The minimum atomic E-state index is 0. The summed E-state index contributed by atoms with van der Waals surface area (Å²) in [6.07, 6.45) is 4.11. The van der Waals surface area contributed by atoms with Crippen molar-refractivity contribution in [2.75, 3.05) is 20.2 Å². The van der Waals surface area contributed by atoms with Gasteiger partial charge < -0.3 is 19.9 Å². The molecule has 0 fully saturated rings. The standard InChI is InChI=1S/C18H26N4O.HI/c1-3-23-15-17-9-5-4-8-16(17)14-21-18(19-2)20-10-13-22-11-6-7-12-22;/h4-9,11-12H,3,10,13-15H2,1-2H3,(H2,19,20,21);1H. The monoisotopic (exact) mass is 442 g/mol. The second kappa shape index (κ2) is 11.9. The number of aromatic nitrogens is 1. The van der Waals surface area contributed by atoms with Crippen molar-refractivity contribution in [2.24, 2.45) is 4.99 Å². The van der Waals surface area contributed by atoms with Crippen LogP contribution in [0.15, 0.2) is 53.8 Å². The lowest BCUT2D eigenvalue weighted by atomic mass is 10.1. The van der Waals surface area contributed by atoms with Crippen LogP contribution in [0.1, 0.15) is 18.1 Å². The Kier molecular flexibility index (Phi) is 10.2. The molecule has 1 aromatic heterocycles. The smallest absolute Gasteiger partial charge is 0.191 e. The van der Waals surface area contributed by atoms with Gasteiger partial charge in [0.25, 0.3) is 0 Å². The number of hydrogen-bond acceptors (Lipinski definition) is 2. The number of guanidine groups is 1. The number of halogens is 1.